The molecule has 0 radical (unpaired) electrons. The Hall–Kier alpha value is -1.40. The number of hydrogen-bond donors (Lipinski definition) is 14. The molecule has 0 aromatic rings. The molecule has 23 atom stereocenters. The summed E-state index contributed by atoms with van der Waals surface area (Å²) >= 11 is 0. The lowest BCUT2D eigenvalue weighted by atomic mass is 9.60. The normalized spacial score (nSPS) is 46.2. The highest BCUT2D eigenvalue weighted by molar-refractivity contribution is 5.29. The number of fused-ring (bicyclic) bond motifs is 1. The van der Waals surface area contributed by atoms with Crippen LogP contribution in [0.5, 0.6) is 0 Å². The summed E-state index contributed by atoms with van der Waals surface area (Å²) in [5, 5.41) is 143. The van der Waals surface area contributed by atoms with E-state index in [2.05, 4.69) is 13.5 Å². The molecule has 22 heteroatoms. The molecule has 352 valence electrons. The lowest BCUT2D eigenvalue weighted by molar-refractivity contribution is -0.249. The maximum Gasteiger partial charge on any atom is 0.187 e. The van der Waals surface area contributed by atoms with Crippen LogP contribution in [0.3, 0.4) is 0 Å². The van der Waals surface area contributed by atoms with Gasteiger partial charge in [-0.1, -0.05) is 24.6 Å². The zero-order valence-electron chi connectivity index (χ0n) is 34.0. The molecule has 0 bridgehead atoms. The van der Waals surface area contributed by atoms with Crippen LogP contribution in [0.4, 0.5) is 0 Å². The summed E-state index contributed by atoms with van der Waals surface area (Å²) in [5.74, 6) is -0.0186. The van der Waals surface area contributed by atoms with Crippen LogP contribution in [0.15, 0.2) is 23.3 Å². The molecule has 4 aliphatic heterocycles. The molecule has 5 fully saturated rings. The Labute approximate surface area is 351 Å². The van der Waals surface area contributed by atoms with Gasteiger partial charge in [0.15, 0.2) is 25.2 Å². The van der Waals surface area contributed by atoms with Gasteiger partial charge in [0, 0.05) is 0 Å². The first-order valence-electron chi connectivity index (χ1n) is 20.7. The first-order valence-corrected chi connectivity index (χ1v) is 20.7. The van der Waals surface area contributed by atoms with Gasteiger partial charge in [-0.05, 0) is 55.9 Å². The van der Waals surface area contributed by atoms with Crippen molar-refractivity contribution >= 4 is 0 Å². The smallest absolute Gasteiger partial charge is 0.187 e. The van der Waals surface area contributed by atoms with Crippen molar-refractivity contribution in [3.63, 3.8) is 0 Å². The number of allylic oxidation sites excluding steroid dienone is 1. The Bertz CT molecular complexity index is 1490. The fourth-order valence-electron chi connectivity index (χ4n) is 9.55. The van der Waals surface area contributed by atoms with Crippen LogP contribution in [0, 0.1) is 11.3 Å². The second-order valence-electron chi connectivity index (χ2n) is 17.4. The lowest BCUT2D eigenvalue weighted by Crippen LogP contribution is -2.46. The van der Waals surface area contributed by atoms with Crippen molar-refractivity contribution in [2.45, 2.75) is 175 Å². The average Bonchev–Trinajstić information content (AvgIpc) is 3.89. The average molecular weight is 885 g/mol. The Morgan fingerprint density at radius 3 is 1.57 bits per heavy atom. The zero-order valence-corrected chi connectivity index (χ0v) is 34.0. The molecular weight excluding hydrogens is 820 g/mol. The minimum Gasteiger partial charge on any atom is -0.394 e. The molecule has 1 saturated carbocycles. The second-order valence-corrected chi connectivity index (χ2v) is 17.4. The molecule has 22 nitrogen and oxygen atoms in total. The summed E-state index contributed by atoms with van der Waals surface area (Å²) in [6.45, 7) is 5.29. The van der Waals surface area contributed by atoms with Crippen molar-refractivity contribution in [2.24, 2.45) is 11.3 Å². The summed E-state index contributed by atoms with van der Waals surface area (Å²) in [7, 11) is 0. The van der Waals surface area contributed by atoms with Crippen LogP contribution >= 0.6 is 0 Å². The van der Waals surface area contributed by atoms with Crippen LogP contribution in [-0.2, 0) is 37.9 Å². The fraction of sp³-hybridized carbons (Fsp3) is 0.897. The molecule has 61 heavy (non-hydrogen) atoms. The molecule has 6 rings (SSSR count). The zero-order chi connectivity index (χ0) is 44.7. The van der Waals surface area contributed by atoms with Crippen LogP contribution in [0.1, 0.15) is 46.0 Å². The molecule has 6 aliphatic rings. The largest absolute Gasteiger partial charge is 0.394 e. The second kappa shape index (κ2) is 20.4. The maximum absolute atomic E-state index is 10.9. The van der Waals surface area contributed by atoms with E-state index in [1.807, 2.05) is 6.92 Å². The standard InChI is InChI=1S/C39H64O22/c1-14-6-17(55-36-30(53)26(49)34(61-36)22(12-43)57-38-29(52)24(47)32(59-38)20(45)10-41)8-39(3)5-4-16(7-18(14)39)15(2)13-54-35-27(50)25(48)33(60-35)21(11-42)56-37-28(51)23(46)31(58-37)19(44)9-40/h16-17,19-38,40-53H,2,4-13H2,1,3H3/t16?,17-,19-,20-,21-,22-,23-,24-,25-,26-,27-,28-,29-,30-,31+,32?,33?,34?,35-,36-,37-,38-,39-/m1/s1. The topological polar surface area (TPSA) is 357 Å². The minimum absolute atomic E-state index is 0.0186. The summed E-state index contributed by atoms with van der Waals surface area (Å²) in [5.41, 5.74) is 2.67. The monoisotopic (exact) mass is 884 g/mol. The highest BCUT2D eigenvalue weighted by atomic mass is 16.8. The molecule has 14 N–H and O–H groups in total. The highest BCUT2D eigenvalue weighted by Crippen LogP contribution is 2.53. The van der Waals surface area contributed by atoms with Gasteiger partial charge in [-0.3, -0.25) is 0 Å². The molecule has 0 spiro atoms. The van der Waals surface area contributed by atoms with Crippen molar-refractivity contribution in [1.82, 2.24) is 0 Å². The van der Waals surface area contributed by atoms with E-state index < -0.39 is 155 Å². The van der Waals surface area contributed by atoms with Gasteiger partial charge in [0.25, 0.3) is 0 Å². The first-order chi connectivity index (χ1) is 28.9. The third-order valence-corrected chi connectivity index (χ3v) is 13.2. The number of aliphatic hydroxyl groups is 14. The van der Waals surface area contributed by atoms with Gasteiger partial charge in [0.2, 0.25) is 0 Å². The maximum atomic E-state index is 10.9. The molecule has 4 saturated heterocycles. The van der Waals surface area contributed by atoms with Crippen LogP contribution in [-0.4, -0.2) is 233 Å². The Morgan fingerprint density at radius 1 is 0.639 bits per heavy atom. The molecule has 0 aromatic carbocycles. The summed E-state index contributed by atoms with van der Waals surface area (Å²) in [4.78, 5) is 0. The highest BCUT2D eigenvalue weighted by Gasteiger charge is 2.54. The van der Waals surface area contributed by atoms with E-state index in [9.17, 15) is 71.5 Å². The van der Waals surface area contributed by atoms with Crippen molar-refractivity contribution in [2.75, 3.05) is 33.0 Å². The van der Waals surface area contributed by atoms with E-state index in [0.29, 0.717) is 31.3 Å². The van der Waals surface area contributed by atoms with E-state index in [-0.39, 0.29) is 17.9 Å². The third-order valence-electron chi connectivity index (χ3n) is 13.2. The number of rotatable bonds is 18. The SMILES string of the molecule is C=C(CO[C@@H]1OC([C@@H](CO)O[C@@H]2O[C@@H]([C@H](O)CO)[C@H](O)[C@H]2O)[C@H](O)[C@H]1O)C1CC[C@]2(C)C[C@H](O[C@@H]3OC([C@@H](CO)O[C@@H]4OC([C@H](O)CO)[C@H](O)[C@H]4O)[C@H](O)[C@H]3O)CC(C)=C2C1. The molecule has 0 aromatic heterocycles. The van der Waals surface area contributed by atoms with E-state index in [4.69, 9.17) is 37.9 Å². The predicted octanol–water partition coefficient (Wildman–Crippen LogP) is -5.89. The van der Waals surface area contributed by atoms with Crippen molar-refractivity contribution in [1.29, 1.82) is 0 Å². The van der Waals surface area contributed by atoms with Gasteiger partial charge in [0.05, 0.1) is 39.1 Å². The van der Waals surface area contributed by atoms with Gasteiger partial charge in [-0.2, -0.15) is 0 Å². The predicted molar refractivity (Wildman–Crippen MR) is 200 cm³/mol. The first kappa shape index (κ1) is 49.0. The van der Waals surface area contributed by atoms with Crippen LogP contribution in [0.2, 0.25) is 0 Å². The van der Waals surface area contributed by atoms with Gasteiger partial charge < -0.3 is 109 Å². The Kier molecular flexibility index (Phi) is 16.4. The third kappa shape index (κ3) is 10.1. The lowest BCUT2D eigenvalue weighted by Gasteiger charge is -2.47. The van der Waals surface area contributed by atoms with Gasteiger partial charge >= 0.3 is 0 Å². The quantitative estimate of drug-likeness (QED) is 0.0570. The summed E-state index contributed by atoms with van der Waals surface area (Å²) in [6, 6.07) is 0. The van der Waals surface area contributed by atoms with Crippen molar-refractivity contribution in [3.8, 4) is 0 Å². The van der Waals surface area contributed by atoms with Gasteiger partial charge in [-0.25, -0.2) is 0 Å². The number of aliphatic hydroxyl groups excluding tert-OH is 14. The molecule has 2 aliphatic carbocycles. The number of ether oxygens (including phenoxy) is 8. The minimum atomic E-state index is -1.67. The van der Waals surface area contributed by atoms with Crippen molar-refractivity contribution < 1.29 is 109 Å². The van der Waals surface area contributed by atoms with Gasteiger partial charge in [0.1, 0.15) is 97.7 Å². The van der Waals surface area contributed by atoms with Crippen molar-refractivity contribution in [3.05, 3.63) is 23.3 Å². The van der Waals surface area contributed by atoms with E-state index in [0.717, 1.165) is 12.0 Å². The van der Waals surface area contributed by atoms with E-state index in [1.165, 1.54) is 5.57 Å². The Morgan fingerprint density at radius 2 is 1.08 bits per heavy atom. The number of hydrogen-bond acceptors (Lipinski definition) is 22. The van der Waals surface area contributed by atoms with Crippen LogP contribution < -0.4 is 0 Å². The summed E-state index contributed by atoms with van der Waals surface area (Å²) < 4.78 is 45.7. The van der Waals surface area contributed by atoms with E-state index >= 15 is 0 Å². The Balaban J connectivity index is 1.000. The van der Waals surface area contributed by atoms with Gasteiger partial charge in [-0.15, -0.1) is 0 Å². The fourth-order valence-corrected chi connectivity index (χ4v) is 9.55. The molecule has 0 amide bonds. The summed E-state index contributed by atoms with van der Waals surface area (Å²) in [6.07, 6.45) is -27.1. The molecule has 4 unspecified atom stereocenters. The molecular formula is C39H64O22. The molecule has 4 heterocycles. The van der Waals surface area contributed by atoms with E-state index in [1.54, 1.807) is 0 Å². The van der Waals surface area contributed by atoms with Crippen LogP contribution in [0.25, 0.3) is 0 Å².